The monoisotopic (exact) mass is 252 g/mol. The topological polar surface area (TPSA) is 74.4 Å². The number of rotatable bonds is 4. The molecule has 1 aliphatic carbocycles. The number of nitrogens with zero attached hydrogens (tertiary/aromatic N) is 4. The summed E-state index contributed by atoms with van der Waals surface area (Å²) in [5.41, 5.74) is 0. The van der Waals surface area contributed by atoms with Gasteiger partial charge in [0.25, 0.3) is 0 Å². The number of β-amino-alcohol motifs (C(OH)–C–C–N with tert-alkyl or cyclic N) is 1. The normalized spacial score (nSPS) is 29.1. The van der Waals surface area contributed by atoms with Crippen molar-refractivity contribution in [3.05, 3.63) is 11.6 Å². The molecule has 6 heteroatoms. The molecule has 1 saturated heterocycles. The molecule has 6 nitrogen and oxygen atoms in total. The Morgan fingerprint density at radius 2 is 2.06 bits per heavy atom. The van der Waals surface area contributed by atoms with Crippen molar-refractivity contribution in [2.24, 2.45) is 13.0 Å². The molecule has 100 valence electrons. The van der Waals surface area contributed by atoms with Crippen LogP contribution in [0.1, 0.15) is 30.4 Å². The Balaban J connectivity index is 1.66. The number of hydrogen-bond acceptors (Lipinski definition) is 5. The Kier molecular flexibility index (Phi) is 3.09. The highest BCUT2D eigenvalue weighted by Gasteiger charge is 2.33. The van der Waals surface area contributed by atoms with Gasteiger partial charge >= 0.3 is 0 Å². The van der Waals surface area contributed by atoms with E-state index in [1.165, 1.54) is 12.8 Å². The molecule has 1 aromatic heterocycles. The molecule has 2 N–H and O–H groups in total. The van der Waals surface area contributed by atoms with Crippen LogP contribution in [0.3, 0.4) is 0 Å². The first-order valence-corrected chi connectivity index (χ1v) is 6.58. The van der Waals surface area contributed by atoms with Crippen molar-refractivity contribution in [2.75, 3.05) is 19.7 Å². The fourth-order valence-electron chi connectivity index (χ4n) is 2.66. The molecule has 2 aliphatic rings. The van der Waals surface area contributed by atoms with E-state index in [9.17, 15) is 5.11 Å². The number of aromatic nitrogens is 3. The number of likely N-dealkylation sites (tertiary alicyclic amines) is 1. The molecule has 2 unspecified atom stereocenters. The van der Waals surface area contributed by atoms with Crippen molar-refractivity contribution in [2.45, 2.75) is 31.4 Å². The summed E-state index contributed by atoms with van der Waals surface area (Å²) in [5, 5.41) is 27.4. The maximum absolute atomic E-state index is 9.77. The molecule has 0 bridgehead atoms. The maximum atomic E-state index is 9.77. The third-order valence-electron chi connectivity index (χ3n) is 4.02. The van der Waals surface area contributed by atoms with Gasteiger partial charge in [-0.05, 0) is 12.8 Å². The number of aliphatic hydroxyl groups excluding tert-OH is 2. The van der Waals surface area contributed by atoms with Crippen molar-refractivity contribution in [3.63, 3.8) is 0 Å². The summed E-state index contributed by atoms with van der Waals surface area (Å²) < 4.78 is 2.08. The zero-order valence-corrected chi connectivity index (χ0v) is 10.7. The number of hydrogen-bond donors (Lipinski definition) is 2. The molecule has 0 spiro atoms. The minimum absolute atomic E-state index is 0.0267. The van der Waals surface area contributed by atoms with Gasteiger partial charge in [-0.1, -0.05) is 0 Å². The van der Waals surface area contributed by atoms with Crippen LogP contribution in [0.5, 0.6) is 0 Å². The fourth-order valence-corrected chi connectivity index (χ4v) is 2.66. The summed E-state index contributed by atoms with van der Waals surface area (Å²) in [5.74, 6) is 2.61. The van der Waals surface area contributed by atoms with Crippen molar-refractivity contribution >= 4 is 0 Å². The Hall–Kier alpha value is -0.980. The third-order valence-corrected chi connectivity index (χ3v) is 4.02. The quantitative estimate of drug-likeness (QED) is 0.754. The van der Waals surface area contributed by atoms with E-state index in [0.717, 1.165) is 18.2 Å². The van der Waals surface area contributed by atoms with Crippen LogP contribution in [0.2, 0.25) is 0 Å². The van der Waals surface area contributed by atoms with E-state index < -0.39 is 6.10 Å². The molecule has 0 radical (unpaired) electrons. The SMILES string of the molecule is Cn1c(CN2CC(O)C(CO)C2)nnc1C1CC1. The third kappa shape index (κ3) is 2.15. The zero-order valence-electron chi connectivity index (χ0n) is 10.7. The lowest BCUT2D eigenvalue weighted by molar-refractivity contribution is 0.103. The molecule has 2 heterocycles. The summed E-state index contributed by atoms with van der Waals surface area (Å²) >= 11 is 0. The van der Waals surface area contributed by atoms with E-state index in [1.54, 1.807) is 0 Å². The van der Waals surface area contributed by atoms with Gasteiger partial charge in [-0.15, -0.1) is 10.2 Å². The standard InChI is InChI=1S/C12H20N4O2/c1-15-11(13-14-12(15)8-2-3-8)6-16-4-9(7-17)10(18)5-16/h8-10,17-18H,2-7H2,1H3. The first kappa shape index (κ1) is 12.1. The predicted molar refractivity (Wildman–Crippen MR) is 64.8 cm³/mol. The minimum atomic E-state index is -0.425. The summed E-state index contributed by atoms with van der Waals surface area (Å²) in [4.78, 5) is 2.13. The lowest BCUT2D eigenvalue weighted by Crippen LogP contribution is -2.23. The van der Waals surface area contributed by atoms with Gasteiger partial charge in [0, 0.05) is 38.6 Å². The minimum Gasteiger partial charge on any atom is -0.396 e. The summed E-state index contributed by atoms with van der Waals surface area (Å²) in [6.45, 7) is 2.08. The van der Waals surface area contributed by atoms with E-state index in [4.69, 9.17) is 5.11 Å². The van der Waals surface area contributed by atoms with Crippen LogP contribution in [0.4, 0.5) is 0 Å². The first-order valence-electron chi connectivity index (χ1n) is 6.58. The van der Waals surface area contributed by atoms with Crippen molar-refractivity contribution in [1.29, 1.82) is 0 Å². The van der Waals surface area contributed by atoms with Gasteiger partial charge in [0.1, 0.15) is 11.6 Å². The number of aliphatic hydroxyl groups is 2. The predicted octanol–water partition coefficient (Wildman–Crippen LogP) is -0.523. The first-order chi connectivity index (χ1) is 8.69. The van der Waals surface area contributed by atoms with Crippen LogP contribution in [0.25, 0.3) is 0 Å². The molecule has 3 rings (SSSR count). The Morgan fingerprint density at radius 3 is 2.67 bits per heavy atom. The molecule has 1 aromatic rings. The van der Waals surface area contributed by atoms with E-state index in [0.29, 0.717) is 19.0 Å². The second-order valence-corrected chi connectivity index (χ2v) is 5.51. The highest BCUT2D eigenvalue weighted by molar-refractivity contribution is 5.08. The zero-order chi connectivity index (χ0) is 12.7. The van der Waals surface area contributed by atoms with Gasteiger partial charge in [-0.2, -0.15) is 0 Å². The smallest absolute Gasteiger partial charge is 0.146 e. The van der Waals surface area contributed by atoms with E-state index >= 15 is 0 Å². The fraction of sp³-hybridized carbons (Fsp3) is 0.833. The van der Waals surface area contributed by atoms with Gasteiger partial charge in [0.15, 0.2) is 0 Å². The lowest BCUT2D eigenvalue weighted by atomic mass is 10.1. The molecule has 18 heavy (non-hydrogen) atoms. The van der Waals surface area contributed by atoms with Gasteiger partial charge in [-0.25, -0.2) is 0 Å². The Morgan fingerprint density at radius 1 is 1.28 bits per heavy atom. The molecule has 0 aromatic carbocycles. The molecular weight excluding hydrogens is 232 g/mol. The molecule has 1 aliphatic heterocycles. The average Bonchev–Trinajstić information content (AvgIpc) is 3.04. The largest absolute Gasteiger partial charge is 0.396 e. The van der Waals surface area contributed by atoms with E-state index in [1.807, 2.05) is 7.05 Å². The highest BCUT2D eigenvalue weighted by atomic mass is 16.3. The van der Waals surface area contributed by atoms with Gasteiger partial charge in [0.2, 0.25) is 0 Å². The average molecular weight is 252 g/mol. The van der Waals surface area contributed by atoms with Crippen molar-refractivity contribution in [1.82, 2.24) is 19.7 Å². The van der Waals surface area contributed by atoms with E-state index in [2.05, 4.69) is 19.7 Å². The van der Waals surface area contributed by atoms with Crippen LogP contribution in [0, 0.1) is 5.92 Å². The molecular formula is C12H20N4O2. The van der Waals surface area contributed by atoms with Crippen molar-refractivity contribution < 1.29 is 10.2 Å². The van der Waals surface area contributed by atoms with E-state index in [-0.39, 0.29) is 12.5 Å². The van der Waals surface area contributed by atoms with Crippen LogP contribution in [-0.2, 0) is 13.6 Å². The highest BCUT2D eigenvalue weighted by Crippen LogP contribution is 2.38. The lowest BCUT2D eigenvalue weighted by Gasteiger charge is -2.14. The van der Waals surface area contributed by atoms with Gasteiger partial charge in [0.05, 0.1) is 12.6 Å². The second kappa shape index (κ2) is 4.60. The second-order valence-electron chi connectivity index (χ2n) is 5.51. The van der Waals surface area contributed by atoms with Gasteiger partial charge in [-0.3, -0.25) is 4.90 Å². The summed E-state index contributed by atoms with van der Waals surface area (Å²) in [6.07, 6.45) is 2.02. The van der Waals surface area contributed by atoms with Crippen LogP contribution < -0.4 is 0 Å². The summed E-state index contributed by atoms with van der Waals surface area (Å²) in [6, 6.07) is 0. The van der Waals surface area contributed by atoms with Crippen LogP contribution >= 0.6 is 0 Å². The molecule has 1 saturated carbocycles. The molecule has 0 amide bonds. The van der Waals surface area contributed by atoms with Gasteiger partial charge < -0.3 is 14.8 Å². The Bertz CT molecular complexity index is 430. The van der Waals surface area contributed by atoms with Crippen LogP contribution in [-0.4, -0.2) is 55.7 Å². The summed E-state index contributed by atoms with van der Waals surface area (Å²) in [7, 11) is 2.01. The van der Waals surface area contributed by atoms with Crippen molar-refractivity contribution in [3.8, 4) is 0 Å². The van der Waals surface area contributed by atoms with Crippen LogP contribution in [0.15, 0.2) is 0 Å². The Labute approximate surface area is 106 Å². The maximum Gasteiger partial charge on any atom is 0.146 e. The molecule has 2 atom stereocenters. The molecule has 2 fully saturated rings.